The third kappa shape index (κ3) is 3.81. The number of halogens is 1. The lowest BCUT2D eigenvalue weighted by Crippen LogP contribution is -2.42. The highest BCUT2D eigenvalue weighted by Crippen LogP contribution is 2.20. The molecule has 1 aromatic carbocycles. The van der Waals surface area contributed by atoms with Gasteiger partial charge >= 0.3 is 18.0 Å². The highest BCUT2D eigenvalue weighted by Gasteiger charge is 2.24. The Morgan fingerprint density at radius 3 is 2.62 bits per heavy atom. The predicted octanol–water partition coefficient (Wildman–Crippen LogP) is 0.591. The third-order valence-corrected chi connectivity index (χ3v) is 4.54. The first-order valence-corrected chi connectivity index (χ1v) is 8.21. The van der Waals surface area contributed by atoms with Crippen molar-refractivity contribution >= 4 is 33.6 Å². The number of nitrogens with one attached hydrogen (secondary N) is 2. The Morgan fingerprint density at radius 1 is 1.33 bits per heavy atom. The van der Waals surface area contributed by atoms with E-state index in [0.29, 0.717) is 0 Å². The average Bonchev–Trinajstić information content (AvgIpc) is 2.51. The standard InChI is InChI=1S/C12H12ClN5O5S/c1-7-14-12(23-2)16-10(18(7)20)15-11(19)17-24(21,22)9-6-4-3-5-8(9)13/h3-6H,1-2H3,(H2,14,15,16,17,19). The number of hydrogen-bond donors (Lipinski definition) is 2. The molecule has 24 heavy (non-hydrogen) atoms. The van der Waals surface area contributed by atoms with Crippen molar-refractivity contribution in [3.63, 3.8) is 0 Å². The summed E-state index contributed by atoms with van der Waals surface area (Å²) in [7, 11) is -2.96. The van der Waals surface area contributed by atoms with Crippen molar-refractivity contribution in [3.05, 3.63) is 40.3 Å². The van der Waals surface area contributed by atoms with Crippen LogP contribution in [0, 0.1) is 12.1 Å². The molecule has 1 heterocycles. The van der Waals surface area contributed by atoms with E-state index in [9.17, 15) is 18.4 Å². The Morgan fingerprint density at radius 2 is 2.00 bits per heavy atom. The fourth-order valence-electron chi connectivity index (χ4n) is 1.63. The first kappa shape index (κ1) is 17.7. The molecule has 128 valence electrons. The Bertz CT molecular complexity index is 889. The SMILES string of the molecule is COc1nc(C)[n+]([O-])c(NC(=O)NS(=O)(=O)c2ccccc2Cl)n1. The molecule has 0 saturated heterocycles. The van der Waals surface area contributed by atoms with Gasteiger partial charge in [-0.15, -0.1) is 0 Å². The number of urea groups is 1. The van der Waals surface area contributed by atoms with Gasteiger partial charge in [-0.3, -0.25) is 0 Å². The summed E-state index contributed by atoms with van der Waals surface area (Å²) < 4.78 is 31.0. The van der Waals surface area contributed by atoms with Gasteiger partial charge in [-0.05, 0) is 17.1 Å². The fourth-order valence-corrected chi connectivity index (χ4v) is 3.06. The van der Waals surface area contributed by atoms with Crippen molar-refractivity contribution in [2.24, 2.45) is 0 Å². The molecule has 0 aliphatic carbocycles. The van der Waals surface area contributed by atoms with Crippen molar-refractivity contribution in [1.82, 2.24) is 14.7 Å². The molecule has 0 saturated carbocycles. The van der Waals surface area contributed by atoms with Gasteiger partial charge in [0.25, 0.3) is 10.0 Å². The minimum Gasteiger partial charge on any atom is -0.754 e. The summed E-state index contributed by atoms with van der Waals surface area (Å²) in [6.07, 6.45) is 0. The van der Waals surface area contributed by atoms with Crippen LogP contribution in [0.4, 0.5) is 10.7 Å². The number of rotatable bonds is 4. The van der Waals surface area contributed by atoms with Gasteiger partial charge in [0.2, 0.25) is 5.82 Å². The summed E-state index contributed by atoms with van der Waals surface area (Å²) in [4.78, 5) is 18.9. The molecular weight excluding hydrogens is 362 g/mol. The second kappa shape index (κ2) is 6.84. The van der Waals surface area contributed by atoms with Crippen molar-refractivity contribution in [2.75, 3.05) is 12.4 Å². The first-order valence-electron chi connectivity index (χ1n) is 6.35. The van der Waals surface area contributed by atoms with E-state index in [-0.39, 0.29) is 26.5 Å². The number of carbonyl (C=O) groups excluding carboxylic acids is 1. The van der Waals surface area contributed by atoms with Gasteiger partial charge in [0.1, 0.15) is 4.90 Å². The van der Waals surface area contributed by atoms with Crippen LogP contribution in [0.25, 0.3) is 0 Å². The van der Waals surface area contributed by atoms with Crippen molar-refractivity contribution in [3.8, 4) is 6.01 Å². The molecule has 2 amide bonds. The second-order valence-corrected chi connectivity index (χ2v) is 6.42. The topological polar surface area (TPSA) is 137 Å². The first-order chi connectivity index (χ1) is 11.2. The Hall–Kier alpha value is -2.66. The lowest BCUT2D eigenvalue weighted by molar-refractivity contribution is -0.603. The summed E-state index contributed by atoms with van der Waals surface area (Å²) >= 11 is 5.80. The quantitative estimate of drug-likeness (QED) is 0.590. The summed E-state index contributed by atoms with van der Waals surface area (Å²) in [5.74, 6) is -0.544. The minimum absolute atomic E-state index is 0.0499. The van der Waals surface area contributed by atoms with Gasteiger partial charge in [0.15, 0.2) is 0 Å². The van der Waals surface area contributed by atoms with Crippen molar-refractivity contribution < 1.29 is 22.7 Å². The largest absolute Gasteiger partial charge is 0.754 e. The van der Waals surface area contributed by atoms with E-state index in [1.165, 1.54) is 38.3 Å². The highest BCUT2D eigenvalue weighted by atomic mass is 35.5. The van der Waals surface area contributed by atoms with E-state index in [0.717, 1.165) is 0 Å². The molecule has 2 aromatic rings. The zero-order valence-electron chi connectivity index (χ0n) is 12.5. The molecule has 0 radical (unpaired) electrons. The number of aryl methyl sites for hydroxylation is 1. The van der Waals surface area contributed by atoms with Gasteiger partial charge in [0, 0.05) is 6.92 Å². The maximum atomic E-state index is 12.1. The van der Waals surface area contributed by atoms with E-state index in [4.69, 9.17) is 16.3 Å². The molecule has 2 N–H and O–H groups in total. The fraction of sp³-hybridized carbons (Fsp3) is 0.167. The molecule has 0 bridgehead atoms. The molecule has 0 atom stereocenters. The second-order valence-electron chi connectivity index (χ2n) is 4.37. The minimum atomic E-state index is -4.23. The number of sulfonamides is 1. The highest BCUT2D eigenvalue weighted by molar-refractivity contribution is 7.90. The Labute approximate surface area is 142 Å². The number of hydrogen-bond acceptors (Lipinski definition) is 7. The maximum absolute atomic E-state index is 12.1. The lowest BCUT2D eigenvalue weighted by Gasteiger charge is -2.12. The summed E-state index contributed by atoms with van der Waals surface area (Å²) in [5.41, 5.74) is 0. The summed E-state index contributed by atoms with van der Waals surface area (Å²) in [5, 5.41) is 13.7. The number of nitrogens with zero attached hydrogens (tertiary/aromatic N) is 3. The van der Waals surface area contributed by atoms with Crippen molar-refractivity contribution in [1.29, 1.82) is 0 Å². The molecular formula is C12H12ClN5O5S. The Balaban J connectivity index is 2.23. The van der Waals surface area contributed by atoms with E-state index >= 15 is 0 Å². The lowest BCUT2D eigenvalue weighted by atomic mass is 10.4. The van der Waals surface area contributed by atoms with E-state index in [1.807, 2.05) is 5.32 Å². The number of methoxy groups -OCH3 is 1. The van der Waals surface area contributed by atoms with Crippen LogP contribution >= 0.6 is 11.6 Å². The number of benzene rings is 1. The molecule has 0 aliphatic rings. The van der Waals surface area contributed by atoms with E-state index in [1.54, 1.807) is 4.72 Å². The monoisotopic (exact) mass is 373 g/mol. The predicted molar refractivity (Wildman–Crippen MR) is 83.1 cm³/mol. The number of carbonyl (C=O) groups is 1. The van der Waals surface area contributed by atoms with Crippen LogP contribution in [-0.4, -0.2) is 31.5 Å². The van der Waals surface area contributed by atoms with Crippen molar-refractivity contribution in [2.45, 2.75) is 11.8 Å². The van der Waals surface area contributed by atoms with Gasteiger partial charge in [-0.1, -0.05) is 28.7 Å². The van der Waals surface area contributed by atoms with Crippen LogP contribution in [0.5, 0.6) is 6.01 Å². The van der Waals surface area contributed by atoms with E-state index in [2.05, 4.69) is 9.97 Å². The van der Waals surface area contributed by atoms with E-state index < -0.39 is 22.0 Å². The molecule has 0 spiro atoms. The normalized spacial score (nSPS) is 11.0. The molecule has 0 aliphatic heterocycles. The molecule has 0 unspecified atom stereocenters. The zero-order chi connectivity index (χ0) is 17.9. The smallest absolute Gasteiger partial charge is 0.436 e. The number of anilines is 1. The molecule has 12 heteroatoms. The Kier molecular flexibility index (Phi) is 5.04. The van der Waals surface area contributed by atoms with Crippen LogP contribution < -0.4 is 19.5 Å². The van der Waals surface area contributed by atoms with Crippen LogP contribution in [0.3, 0.4) is 0 Å². The van der Waals surface area contributed by atoms with Gasteiger partial charge in [-0.2, -0.15) is 0 Å². The van der Waals surface area contributed by atoms with Gasteiger partial charge < -0.3 is 9.94 Å². The van der Waals surface area contributed by atoms with Crippen LogP contribution in [0.2, 0.25) is 5.02 Å². The van der Waals surface area contributed by atoms with Gasteiger partial charge in [-0.25, -0.2) is 28.0 Å². The number of aromatic nitrogens is 3. The maximum Gasteiger partial charge on any atom is 0.436 e. The van der Waals surface area contributed by atoms with Crippen LogP contribution in [0.1, 0.15) is 5.82 Å². The number of ether oxygens (including phenoxy) is 1. The zero-order valence-corrected chi connectivity index (χ0v) is 14.1. The van der Waals surface area contributed by atoms with Crippen LogP contribution in [-0.2, 0) is 10.0 Å². The molecule has 1 aromatic heterocycles. The molecule has 2 rings (SSSR count). The summed E-state index contributed by atoms with van der Waals surface area (Å²) in [6, 6.07) is 4.21. The average molecular weight is 374 g/mol. The molecule has 10 nitrogen and oxygen atoms in total. The summed E-state index contributed by atoms with van der Waals surface area (Å²) in [6.45, 7) is 1.36. The number of amides is 2. The third-order valence-electron chi connectivity index (χ3n) is 2.71. The van der Waals surface area contributed by atoms with Crippen LogP contribution in [0.15, 0.2) is 29.2 Å². The van der Waals surface area contributed by atoms with Gasteiger partial charge in [0.05, 0.1) is 12.1 Å². The molecule has 0 fully saturated rings.